The van der Waals surface area contributed by atoms with E-state index in [4.69, 9.17) is 10.3 Å². The van der Waals surface area contributed by atoms with Crippen LogP contribution in [0.1, 0.15) is 0 Å². The van der Waals surface area contributed by atoms with Crippen molar-refractivity contribution in [2.75, 3.05) is 5.32 Å². The summed E-state index contributed by atoms with van der Waals surface area (Å²) in [6, 6.07) is 5.14. The van der Waals surface area contributed by atoms with Gasteiger partial charge < -0.3 is 11.1 Å². The van der Waals surface area contributed by atoms with Gasteiger partial charge in [-0.2, -0.15) is 0 Å². The van der Waals surface area contributed by atoms with E-state index in [9.17, 15) is 4.21 Å². The van der Waals surface area contributed by atoms with E-state index in [0.717, 1.165) is 0 Å². The second kappa shape index (κ2) is 4.53. The summed E-state index contributed by atoms with van der Waals surface area (Å²) in [4.78, 5) is 3.87. The first-order valence-corrected chi connectivity index (χ1v) is 4.38. The fraction of sp³-hybridized carbons (Fsp3) is 0. The van der Waals surface area contributed by atoms with E-state index in [1.165, 1.54) is 0 Å². The number of hydrogen-bond acceptors (Lipinski definition) is 2. The Morgan fingerprint density at radius 2 is 2.46 bits per heavy atom. The molecule has 0 amide bonds. The maximum absolute atomic E-state index is 10.2. The lowest BCUT2D eigenvalue weighted by molar-refractivity contribution is 0.566. The van der Waals surface area contributed by atoms with Crippen LogP contribution in [0.25, 0.3) is 0 Å². The number of nitrogens with one attached hydrogen (secondary N) is 1. The molecule has 0 fully saturated rings. The van der Waals surface area contributed by atoms with Crippen molar-refractivity contribution in [1.29, 1.82) is 0 Å². The van der Waals surface area contributed by atoms with Gasteiger partial charge in [0.25, 0.3) is 11.3 Å². The molecule has 0 aromatic carbocycles. The molecule has 1 aromatic rings. The molecule has 1 unspecified atom stereocenters. The summed E-state index contributed by atoms with van der Waals surface area (Å²) in [6.07, 6.45) is 1.56. The van der Waals surface area contributed by atoms with Crippen LogP contribution in [0.15, 0.2) is 28.8 Å². The Morgan fingerprint density at radius 1 is 1.69 bits per heavy atom. The van der Waals surface area contributed by atoms with Crippen LogP contribution < -0.4 is 11.1 Å². The van der Waals surface area contributed by atoms with Crippen molar-refractivity contribution in [2.24, 2.45) is 10.1 Å². The molecule has 13 heavy (non-hydrogen) atoms. The average molecular weight is 200 g/mol. The molecule has 0 spiro atoms. The largest absolute Gasteiger partial charge is 0.369 e. The number of pyridine rings is 1. The van der Waals surface area contributed by atoms with E-state index >= 15 is 0 Å². The van der Waals surface area contributed by atoms with Crippen LogP contribution >= 0.6 is 0 Å². The van der Waals surface area contributed by atoms with Crippen molar-refractivity contribution in [1.82, 2.24) is 4.98 Å². The first-order valence-electron chi connectivity index (χ1n) is 3.31. The van der Waals surface area contributed by atoms with Crippen molar-refractivity contribution >= 4 is 23.0 Å². The van der Waals surface area contributed by atoms with E-state index < -0.39 is 11.3 Å². The molecule has 0 radical (unpaired) electrons. The topological polar surface area (TPSA) is 101 Å². The summed E-state index contributed by atoms with van der Waals surface area (Å²) in [5.74, 6) is 0.314. The number of anilines is 1. The van der Waals surface area contributed by atoms with Gasteiger partial charge in [0.1, 0.15) is 5.82 Å². The minimum atomic E-state index is -2.30. The molecule has 0 aliphatic carbocycles. The molecular formula is C6H8N4O2S. The lowest BCUT2D eigenvalue weighted by atomic mass is 10.5. The van der Waals surface area contributed by atoms with Gasteiger partial charge >= 0.3 is 0 Å². The maximum atomic E-state index is 10.2. The van der Waals surface area contributed by atoms with E-state index in [1.54, 1.807) is 24.4 Å². The van der Waals surface area contributed by atoms with Gasteiger partial charge in [-0.05, 0) is 12.1 Å². The van der Waals surface area contributed by atoms with Crippen molar-refractivity contribution in [2.45, 2.75) is 0 Å². The van der Waals surface area contributed by atoms with Crippen LogP contribution in [-0.4, -0.2) is 19.7 Å². The molecule has 0 saturated carbocycles. The zero-order valence-corrected chi connectivity index (χ0v) is 7.36. The molecule has 7 heteroatoms. The molecule has 0 aliphatic heterocycles. The van der Waals surface area contributed by atoms with Crippen LogP contribution in [0.2, 0.25) is 0 Å². The quantitative estimate of drug-likeness (QED) is 0.353. The van der Waals surface area contributed by atoms with Gasteiger partial charge in [0.2, 0.25) is 5.96 Å². The SMILES string of the molecule is NC(=NS(=O)O)Nc1ccccn1. The van der Waals surface area contributed by atoms with Gasteiger partial charge in [-0.25, -0.2) is 9.19 Å². The molecule has 0 aliphatic rings. The van der Waals surface area contributed by atoms with Crippen molar-refractivity contribution < 1.29 is 8.76 Å². The minimum absolute atomic E-state index is 0.153. The lowest BCUT2D eigenvalue weighted by Gasteiger charge is -2.01. The van der Waals surface area contributed by atoms with Crippen LogP contribution in [-0.2, 0) is 11.3 Å². The second-order valence-corrected chi connectivity index (χ2v) is 2.69. The van der Waals surface area contributed by atoms with E-state index in [-0.39, 0.29) is 5.96 Å². The third-order valence-corrected chi connectivity index (χ3v) is 1.45. The first kappa shape index (κ1) is 9.62. The van der Waals surface area contributed by atoms with Crippen molar-refractivity contribution in [3.63, 3.8) is 0 Å². The molecule has 4 N–H and O–H groups in total. The molecule has 0 bridgehead atoms. The van der Waals surface area contributed by atoms with E-state index in [1.807, 2.05) is 0 Å². The highest BCUT2D eigenvalue weighted by molar-refractivity contribution is 7.78. The van der Waals surface area contributed by atoms with Crippen molar-refractivity contribution in [3.05, 3.63) is 24.4 Å². The predicted octanol–water partition coefficient (Wildman–Crippen LogP) is -0.0551. The smallest absolute Gasteiger partial charge is 0.285 e. The summed E-state index contributed by atoms with van der Waals surface area (Å²) in [5.41, 5.74) is 5.25. The Bertz CT molecular complexity index is 327. The third-order valence-electron chi connectivity index (χ3n) is 1.10. The Labute approximate surface area is 77.3 Å². The highest BCUT2D eigenvalue weighted by atomic mass is 32.2. The van der Waals surface area contributed by atoms with E-state index in [2.05, 4.69) is 14.7 Å². The summed E-state index contributed by atoms with van der Waals surface area (Å²) in [7, 11) is 0. The van der Waals surface area contributed by atoms with Gasteiger partial charge in [0, 0.05) is 6.20 Å². The summed E-state index contributed by atoms with van der Waals surface area (Å²) in [5, 5.41) is 2.54. The highest BCUT2D eigenvalue weighted by Crippen LogP contribution is 1.98. The fourth-order valence-corrected chi connectivity index (χ4v) is 0.889. The second-order valence-electron chi connectivity index (χ2n) is 2.05. The Hall–Kier alpha value is -1.47. The number of guanidine groups is 1. The van der Waals surface area contributed by atoms with E-state index in [0.29, 0.717) is 5.82 Å². The van der Waals surface area contributed by atoms with Crippen LogP contribution in [0.3, 0.4) is 0 Å². The van der Waals surface area contributed by atoms with Crippen LogP contribution in [0.4, 0.5) is 5.82 Å². The molecule has 0 saturated heterocycles. The number of nitrogens with two attached hydrogens (primary N) is 1. The molecule has 6 nitrogen and oxygen atoms in total. The van der Waals surface area contributed by atoms with Crippen LogP contribution in [0.5, 0.6) is 0 Å². The summed E-state index contributed by atoms with van der Waals surface area (Å²) < 4.78 is 21.7. The normalized spacial score (nSPS) is 13.8. The first-order chi connectivity index (χ1) is 6.18. The monoisotopic (exact) mass is 200 g/mol. The average Bonchev–Trinajstić information content (AvgIpc) is 2.04. The molecule has 70 valence electrons. The number of hydrogen-bond donors (Lipinski definition) is 3. The zero-order chi connectivity index (χ0) is 9.68. The standard InChI is InChI=1S/C6H8N4O2S/c7-6(10-13(11)12)9-5-3-1-2-4-8-5/h1-4H,(H,11,12)(H3,7,8,9,10). The molecule has 1 rings (SSSR count). The zero-order valence-electron chi connectivity index (χ0n) is 6.54. The maximum Gasteiger partial charge on any atom is 0.285 e. The number of rotatable bonds is 2. The third kappa shape index (κ3) is 3.63. The Kier molecular flexibility index (Phi) is 3.35. The fourth-order valence-electron chi connectivity index (χ4n) is 0.675. The van der Waals surface area contributed by atoms with Gasteiger partial charge in [-0.3, -0.25) is 4.55 Å². The van der Waals surface area contributed by atoms with Gasteiger partial charge in [-0.15, -0.1) is 4.40 Å². The predicted molar refractivity (Wildman–Crippen MR) is 50.3 cm³/mol. The molecule has 1 heterocycles. The van der Waals surface area contributed by atoms with Gasteiger partial charge in [-0.1, -0.05) is 6.07 Å². The van der Waals surface area contributed by atoms with Crippen LogP contribution in [0, 0.1) is 0 Å². The summed E-state index contributed by atoms with van der Waals surface area (Å²) in [6.45, 7) is 0. The van der Waals surface area contributed by atoms with Crippen molar-refractivity contribution in [3.8, 4) is 0 Å². The molecular weight excluding hydrogens is 192 g/mol. The minimum Gasteiger partial charge on any atom is -0.369 e. The lowest BCUT2D eigenvalue weighted by Crippen LogP contribution is -2.23. The number of aromatic nitrogens is 1. The number of nitrogens with zero attached hydrogens (tertiary/aromatic N) is 2. The molecule has 1 aromatic heterocycles. The molecule has 1 atom stereocenters. The summed E-state index contributed by atoms with van der Waals surface area (Å²) >= 11 is -2.30. The Morgan fingerprint density at radius 3 is 3.00 bits per heavy atom. The van der Waals surface area contributed by atoms with Gasteiger partial charge in [0.15, 0.2) is 0 Å². The van der Waals surface area contributed by atoms with Gasteiger partial charge in [0.05, 0.1) is 0 Å². The Balaban J connectivity index is 2.65. The highest BCUT2D eigenvalue weighted by Gasteiger charge is 1.95.